The van der Waals surface area contributed by atoms with Crippen LogP contribution in [0.4, 0.5) is 0 Å². The second-order valence-electron chi connectivity index (χ2n) is 6.89. The van der Waals surface area contributed by atoms with Gasteiger partial charge < -0.3 is 19.5 Å². The van der Waals surface area contributed by atoms with Crippen LogP contribution in [0.1, 0.15) is 36.1 Å². The maximum Gasteiger partial charge on any atom is 0.309 e. The molecule has 0 saturated heterocycles. The average Bonchev–Trinajstić information content (AvgIpc) is 2.71. The molecule has 0 saturated carbocycles. The van der Waals surface area contributed by atoms with Gasteiger partial charge in [-0.3, -0.25) is 4.79 Å². The van der Waals surface area contributed by atoms with Crippen molar-refractivity contribution in [1.29, 1.82) is 0 Å². The Kier molecular flexibility index (Phi) is 6.35. The van der Waals surface area contributed by atoms with Gasteiger partial charge in [0.05, 0.1) is 20.1 Å². The smallest absolute Gasteiger partial charge is 0.309 e. The van der Waals surface area contributed by atoms with Crippen molar-refractivity contribution in [3.8, 4) is 11.5 Å². The number of fused-ring (bicyclic) bond motifs is 1. The predicted molar refractivity (Wildman–Crippen MR) is 104 cm³/mol. The highest BCUT2D eigenvalue weighted by atomic mass is 16.5. The average molecular weight is 369 g/mol. The summed E-state index contributed by atoms with van der Waals surface area (Å²) in [6.07, 6.45) is 1.61. The zero-order chi connectivity index (χ0) is 19.2. The van der Waals surface area contributed by atoms with Gasteiger partial charge in [0, 0.05) is 6.04 Å². The third kappa shape index (κ3) is 4.61. The van der Waals surface area contributed by atoms with E-state index in [-0.39, 0.29) is 17.9 Å². The van der Waals surface area contributed by atoms with Crippen molar-refractivity contribution < 1.29 is 19.0 Å². The van der Waals surface area contributed by atoms with Crippen LogP contribution in [0.2, 0.25) is 0 Å². The van der Waals surface area contributed by atoms with E-state index in [1.165, 1.54) is 11.1 Å². The van der Waals surface area contributed by atoms with Gasteiger partial charge in [-0.2, -0.15) is 0 Å². The molecule has 1 N–H and O–H groups in total. The van der Waals surface area contributed by atoms with Crippen molar-refractivity contribution in [2.75, 3.05) is 20.8 Å². The minimum atomic E-state index is -0.203. The second kappa shape index (κ2) is 8.91. The number of benzene rings is 2. The quantitative estimate of drug-likeness (QED) is 0.755. The van der Waals surface area contributed by atoms with Gasteiger partial charge in [0.1, 0.15) is 6.61 Å². The maximum absolute atomic E-state index is 12.4. The lowest BCUT2D eigenvalue weighted by atomic mass is 9.88. The fourth-order valence-corrected chi connectivity index (χ4v) is 3.50. The number of hydrogen-bond donors (Lipinski definition) is 1. The number of hydrogen-bond acceptors (Lipinski definition) is 5. The van der Waals surface area contributed by atoms with Gasteiger partial charge in [0.25, 0.3) is 0 Å². The Morgan fingerprint density at radius 3 is 2.56 bits per heavy atom. The van der Waals surface area contributed by atoms with Crippen LogP contribution in [0.3, 0.4) is 0 Å². The molecule has 3 rings (SSSR count). The van der Waals surface area contributed by atoms with E-state index in [1.54, 1.807) is 14.2 Å². The largest absolute Gasteiger partial charge is 0.493 e. The Morgan fingerprint density at radius 1 is 1.15 bits per heavy atom. The Labute approximate surface area is 160 Å². The van der Waals surface area contributed by atoms with Gasteiger partial charge in [-0.05, 0) is 48.2 Å². The first kappa shape index (κ1) is 19.2. The Hall–Kier alpha value is -2.53. The first-order valence-electron chi connectivity index (χ1n) is 9.31. The molecule has 5 nitrogen and oxygen atoms in total. The number of carbonyl (C=O) groups excluding carboxylic acids is 1. The number of nitrogens with one attached hydrogen (secondary N) is 1. The zero-order valence-corrected chi connectivity index (χ0v) is 16.2. The molecular formula is C22H27NO4. The van der Waals surface area contributed by atoms with Crippen molar-refractivity contribution in [3.63, 3.8) is 0 Å². The first-order chi connectivity index (χ1) is 13.1. The fourth-order valence-electron chi connectivity index (χ4n) is 3.50. The molecule has 0 amide bonds. The van der Waals surface area contributed by atoms with E-state index in [1.807, 2.05) is 49.4 Å². The highest BCUT2D eigenvalue weighted by Crippen LogP contribution is 2.37. The topological polar surface area (TPSA) is 56.8 Å². The number of methoxy groups -OCH3 is 2. The Balaban J connectivity index is 1.66. The lowest BCUT2D eigenvalue weighted by molar-refractivity contribution is -0.149. The van der Waals surface area contributed by atoms with E-state index in [0.29, 0.717) is 18.8 Å². The van der Waals surface area contributed by atoms with Crippen molar-refractivity contribution in [3.05, 3.63) is 59.2 Å². The molecule has 0 fully saturated rings. The second-order valence-corrected chi connectivity index (χ2v) is 6.89. The zero-order valence-electron chi connectivity index (χ0n) is 16.2. The van der Waals surface area contributed by atoms with Crippen LogP contribution >= 0.6 is 0 Å². The molecule has 1 aliphatic rings. The summed E-state index contributed by atoms with van der Waals surface area (Å²) < 4.78 is 16.3. The van der Waals surface area contributed by atoms with Crippen LogP contribution < -0.4 is 14.8 Å². The van der Waals surface area contributed by atoms with Crippen LogP contribution in [-0.2, 0) is 22.6 Å². The lowest BCUT2D eigenvalue weighted by Crippen LogP contribution is -2.32. The van der Waals surface area contributed by atoms with Crippen LogP contribution in [0.25, 0.3) is 0 Å². The molecule has 0 spiro atoms. The van der Waals surface area contributed by atoms with Gasteiger partial charge in [-0.15, -0.1) is 0 Å². The molecule has 2 unspecified atom stereocenters. The first-order valence-corrected chi connectivity index (χ1v) is 9.31. The van der Waals surface area contributed by atoms with E-state index in [2.05, 4.69) is 5.32 Å². The third-order valence-electron chi connectivity index (χ3n) is 5.02. The molecule has 2 aromatic rings. The lowest BCUT2D eigenvalue weighted by Gasteiger charge is -2.29. The highest BCUT2D eigenvalue weighted by Gasteiger charge is 2.27. The molecule has 0 bridgehead atoms. The van der Waals surface area contributed by atoms with Gasteiger partial charge in [-0.25, -0.2) is 0 Å². The predicted octanol–water partition coefficient (Wildman–Crippen LogP) is 3.66. The van der Waals surface area contributed by atoms with Crippen molar-refractivity contribution in [2.24, 2.45) is 5.92 Å². The number of esters is 1. The molecule has 2 aromatic carbocycles. The molecule has 27 heavy (non-hydrogen) atoms. The van der Waals surface area contributed by atoms with Gasteiger partial charge in [-0.1, -0.05) is 37.3 Å². The SMILES string of the molecule is COc1cc2c(cc1OC)C(CC(C)C(=O)OCc1ccccc1)NCC2. The van der Waals surface area contributed by atoms with Gasteiger partial charge in [0.15, 0.2) is 11.5 Å². The van der Waals surface area contributed by atoms with E-state index in [9.17, 15) is 4.79 Å². The Bertz CT molecular complexity index is 775. The fraction of sp³-hybridized carbons (Fsp3) is 0.409. The summed E-state index contributed by atoms with van der Waals surface area (Å²) in [6, 6.07) is 13.9. The van der Waals surface area contributed by atoms with E-state index >= 15 is 0 Å². The number of ether oxygens (including phenoxy) is 3. The van der Waals surface area contributed by atoms with Crippen molar-refractivity contribution >= 4 is 5.97 Å². The summed E-state index contributed by atoms with van der Waals surface area (Å²) in [7, 11) is 3.28. The standard InChI is InChI=1S/C22H27NO4/c1-15(22(24)27-14-16-7-5-4-6-8-16)11-19-18-13-21(26-3)20(25-2)12-17(18)9-10-23-19/h4-8,12-13,15,19,23H,9-11,14H2,1-3H3. The summed E-state index contributed by atoms with van der Waals surface area (Å²) in [5, 5.41) is 3.52. The van der Waals surface area contributed by atoms with Gasteiger partial charge >= 0.3 is 5.97 Å². The van der Waals surface area contributed by atoms with Crippen LogP contribution in [0.15, 0.2) is 42.5 Å². The number of rotatable bonds is 7. The molecule has 0 radical (unpaired) electrons. The van der Waals surface area contributed by atoms with Crippen molar-refractivity contribution in [1.82, 2.24) is 5.32 Å². The molecular weight excluding hydrogens is 342 g/mol. The summed E-state index contributed by atoms with van der Waals surface area (Å²) in [5.41, 5.74) is 3.40. The molecule has 0 aromatic heterocycles. The van der Waals surface area contributed by atoms with Crippen LogP contribution in [0.5, 0.6) is 11.5 Å². The van der Waals surface area contributed by atoms with Crippen LogP contribution in [-0.4, -0.2) is 26.7 Å². The molecule has 0 aliphatic carbocycles. The van der Waals surface area contributed by atoms with E-state index in [0.717, 1.165) is 24.3 Å². The van der Waals surface area contributed by atoms with E-state index in [4.69, 9.17) is 14.2 Å². The summed E-state index contributed by atoms with van der Waals surface area (Å²) in [6.45, 7) is 3.10. The third-order valence-corrected chi connectivity index (χ3v) is 5.02. The summed E-state index contributed by atoms with van der Waals surface area (Å²) >= 11 is 0. The molecule has 144 valence electrons. The highest BCUT2D eigenvalue weighted by molar-refractivity contribution is 5.72. The molecule has 2 atom stereocenters. The normalized spacial score (nSPS) is 16.9. The molecule has 5 heteroatoms. The number of carbonyl (C=O) groups is 1. The minimum Gasteiger partial charge on any atom is -0.493 e. The van der Waals surface area contributed by atoms with E-state index < -0.39 is 0 Å². The van der Waals surface area contributed by atoms with Crippen molar-refractivity contribution in [2.45, 2.75) is 32.4 Å². The molecule has 1 heterocycles. The van der Waals surface area contributed by atoms with Gasteiger partial charge in [0.2, 0.25) is 0 Å². The molecule has 1 aliphatic heterocycles. The van der Waals surface area contributed by atoms with Crippen LogP contribution in [0, 0.1) is 5.92 Å². The summed E-state index contributed by atoms with van der Waals surface area (Å²) in [5.74, 6) is 1.08. The monoisotopic (exact) mass is 369 g/mol. The summed E-state index contributed by atoms with van der Waals surface area (Å²) in [4.78, 5) is 12.4. The maximum atomic E-state index is 12.4. The minimum absolute atomic E-state index is 0.0906. The Morgan fingerprint density at radius 2 is 1.85 bits per heavy atom.